The van der Waals surface area contributed by atoms with Crippen LogP contribution in [0.15, 0.2) is 29.3 Å². The minimum Gasteiger partial charge on any atom is -0.380 e. The fourth-order valence-electron chi connectivity index (χ4n) is 1.87. The van der Waals surface area contributed by atoms with Gasteiger partial charge >= 0.3 is 0 Å². The largest absolute Gasteiger partial charge is 0.380 e. The predicted molar refractivity (Wildman–Crippen MR) is 86.5 cm³/mol. The van der Waals surface area contributed by atoms with Gasteiger partial charge in [-0.25, -0.2) is 0 Å². The number of hydrogen-bond donors (Lipinski definition) is 2. The molecule has 0 amide bonds. The molecule has 1 aromatic carbocycles. The summed E-state index contributed by atoms with van der Waals surface area (Å²) in [6.45, 7) is 8.24. The Kier molecular flexibility index (Phi) is 9.24. The van der Waals surface area contributed by atoms with Gasteiger partial charge in [-0.3, -0.25) is 4.99 Å². The van der Waals surface area contributed by atoms with Crippen molar-refractivity contribution in [2.75, 3.05) is 33.4 Å². The van der Waals surface area contributed by atoms with Crippen LogP contribution < -0.4 is 10.6 Å². The third kappa shape index (κ3) is 7.11. The highest BCUT2D eigenvalue weighted by molar-refractivity contribution is 5.79. The number of nitrogens with one attached hydrogen (secondary N) is 2. The summed E-state index contributed by atoms with van der Waals surface area (Å²) in [5.74, 6) is 0.779. The molecule has 0 saturated heterocycles. The van der Waals surface area contributed by atoms with E-state index in [4.69, 9.17) is 9.47 Å². The highest BCUT2D eigenvalue weighted by Crippen LogP contribution is 2.09. The van der Waals surface area contributed by atoms with Crippen LogP contribution in [-0.2, 0) is 22.6 Å². The fraction of sp³-hybridized carbons (Fsp3) is 0.562. The maximum atomic E-state index is 5.49. The van der Waals surface area contributed by atoms with Crippen LogP contribution >= 0.6 is 0 Å². The number of aliphatic imine (C=N–C) groups is 1. The molecule has 5 heteroatoms. The van der Waals surface area contributed by atoms with Gasteiger partial charge in [0, 0.05) is 33.4 Å². The first-order valence-corrected chi connectivity index (χ1v) is 7.48. The molecule has 118 valence electrons. The van der Waals surface area contributed by atoms with Gasteiger partial charge in [0.2, 0.25) is 0 Å². The Balaban J connectivity index is 2.45. The van der Waals surface area contributed by atoms with Gasteiger partial charge in [-0.15, -0.1) is 0 Å². The molecule has 0 aliphatic carbocycles. The van der Waals surface area contributed by atoms with Crippen LogP contribution in [0.5, 0.6) is 0 Å². The molecule has 0 heterocycles. The third-order valence-corrected chi connectivity index (χ3v) is 2.99. The van der Waals surface area contributed by atoms with Crippen molar-refractivity contribution in [2.24, 2.45) is 4.99 Å². The lowest BCUT2D eigenvalue weighted by Gasteiger charge is -2.14. The fourth-order valence-corrected chi connectivity index (χ4v) is 1.87. The smallest absolute Gasteiger partial charge is 0.191 e. The number of hydrogen-bond acceptors (Lipinski definition) is 3. The van der Waals surface area contributed by atoms with Crippen molar-refractivity contribution in [3.05, 3.63) is 35.4 Å². The van der Waals surface area contributed by atoms with E-state index < -0.39 is 0 Å². The van der Waals surface area contributed by atoms with E-state index in [1.54, 1.807) is 7.05 Å². The van der Waals surface area contributed by atoms with Gasteiger partial charge in [0.1, 0.15) is 0 Å². The van der Waals surface area contributed by atoms with E-state index in [2.05, 4.69) is 27.8 Å². The van der Waals surface area contributed by atoms with Crippen molar-refractivity contribution in [3.8, 4) is 0 Å². The van der Waals surface area contributed by atoms with Gasteiger partial charge in [-0.2, -0.15) is 0 Å². The lowest BCUT2D eigenvalue weighted by molar-refractivity contribution is 0.133. The van der Waals surface area contributed by atoms with Gasteiger partial charge in [0.05, 0.1) is 13.2 Å². The Bertz CT molecular complexity index is 422. The van der Waals surface area contributed by atoms with Gasteiger partial charge in [-0.1, -0.05) is 24.3 Å². The Hall–Kier alpha value is -1.59. The molecule has 0 spiro atoms. The molecule has 0 aliphatic heterocycles. The summed E-state index contributed by atoms with van der Waals surface area (Å²) in [7, 11) is 1.77. The maximum Gasteiger partial charge on any atom is 0.191 e. The molecule has 0 fully saturated rings. The molecule has 0 atom stereocenters. The Morgan fingerprint density at radius 3 is 2.43 bits per heavy atom. The molecule has 0 saturated carbocycles. The van der Waals surface area contributed by atoms with Crippen molar-refractivity contribution < 1.29 is 9.47 Å². The number of rotatable bonds is 9. The SMILES string of the molecule is CCOCCNC(=NC)NCc1ccccc1COCC. The van der Waals surface area contributed by atoms with Gasteiger partial charge < -0.3 is 20.1 Å². The first-order chi connectivity index (χ1) is 10.3. The van der Waals surface area contributed by atoms with E-state index >= 15 is 0 Å². The molecular weight excluding hydrogens is 266 g/mol. The van der Waals surface area contributed by atoms with Crippen molar-refractivity contribution >= 4 is 5.96 Å². The summed E-state index contributed by atoms with van der Waals surface area (Å²) in [5.41, 5.74) is 2.43. The minimum atomic E-state index is 0.644. The Morgan fingerprint density at radius 2 is 1.76 bits per heavy atom. The van der Waals surface area contributed by atoms with E-state index in [1.165, 1.54) is 11.1 Å². The number of nitrogens with zero attached hydrogens (tertiary/aromatic N) is 1. The standard InChI is InChI=1S/C16H27N3O2/c1-4-20-11-10-18-16(17-3)19-12-14-8-6-7-9-15(14)13-21-5-2/h6-9H,4-5,10-13H2,1-3H3,(H2,17,18,19). The highest BCUT2D eigenvalue weighted by Gasteiger charge is 2.03. The second-order valence-corrected chi connectivity index (χ2v) is 4.46. The molecule has 0 aliphatic rings. The molecular formula is C16H27N3O2. The highest BCUT2D eigenvalue weighted by atomic mass is 16.5. The van der Waals surface area contributed by atoms with Crippen molar-refractivity contribution in [1.29, 1.82) is 0 Å². The number of guanidine groups is 1. The maximum absolute atomic E-state index is 5.49. The van der Waals surface area contributed by atoms with Crippen LogP contribution in [0.25, 0.3) is 0 Å². The predicted octanol–water partition coefficient (Wildman–Crippen LogP) is 1.92. The Morgan fingerprint density at radius 1 is 1.05 bits per heavy atom. The summed E-state index contributed by atoms with van der Waals surface area (Å²) >= 11 is 0. The second-order valence-electron chi connectivity index (χ2n) is 4.46. The number of ether oxygens (including phenoxy) is 2. The third-order valence-electron chi connectivity index (χ3n) is 2.99. The summed E-state index contributed by atoms with van der Waals surface area (Å²) in [6, 6.07) is 8.28. The molecule has 2 N–H and O–H groups in total. The van der Waals surface area contributed by atoms with E-state index in [1.807, 2.05) is 26.0 Å². The zero-order chi connectivity index (χ0) is 15.3. The first kappa shape index (κ1) is 17.5. The average Bonchev–Trinajstić information content (AvgIpc) is 2.53. The summed E-state index contributed by atoms with van der Waals surface area (Å²) in [4.78, 5) is 4.20. The molecule has 21 heavy (non-hydrogen) atoms. The average molecular weight is 293 g/mol. The molecule has 0 aromatic heterocycles. The normalized spacial score (nSPS) is 11.5. The molecule has 0 bridgehead atoms. The lowest BCUT2D eigenvalue weighted by atomic mass is 10.1. The topological polar surface area (TPSA) is 54.9 Å². The number of benzene rings is 1. The van der Waals surface area contributed by atoms with Crippen LogP contribution in [-0.4, -0.2) is 39.4 Å². The summed E-state index contributed by atoms with van der Waals surface area (Å²) in [5, 5.41) is 6.53. The van der Waals surface area contributed by atoms with Gasteiger partial charge in [0.25, 0.3) is 0 Å². The summed E-state index contributed by atoms with van der Waals surface area (Å²) < 4.78 is 10.8. The lowest BCUT2D eigenvalue weighted by Crippen LogP contribution is -2.38. The van der Waals surface area contributed by atoms with Gasteiger partial charge in [0.15, 0.2) is 5.96 Å². The monoisotopic (exact) mass is 293 g/mol. The molecule has 0 unspecified atom stereocenters. The second kappa shape index (κ2) is 11.1. The zero-order valence-electron chi connectivity index (χ0n) is 13.3. The van der Waals surface area contributed by atoms with E-state index in [0.717, 1.165) is 32.3 Å². The van der Waals surface area contributed by atoms with E-state index in [0.29, 0.717) is 13.2 Å². The van der Waals surface area contributed by atoms with Crippen LogP contribution in [0.3, 0.4) is 0 Å². The molecule has 1 aromatic rings. The Labute approximate surface area is 127 Å². The zero-order valence-corrected chi connectivity index (χ0v) is 13.3. The van der Waals surface area contributed by atoms with E-state index in [9.17, 15) is 0 Å². The molecule has 1 rings (SSSR count). The van der Waals surface area contributed by atoms with Crippen LogP contribution in [0, 0.1) is 0 Å². The van der Waals surface area contributed by atoms with E-state index in [-0.39, 0.29) is 0 Å². The van der Waals surface area contributed by atoms with Crippen molar-refractivity contribution in [1.82, 2.24) is 10.6 Å². The van der Waals surface area contributed by atoms with Crippen LogP contribution in [0.1, 0.15) is 25.0 Å². The first-order valence-electron chi connectivity index (χ1n) is 7.48. The summed E-state index contributed by atoms with van der Waals surface area (Å²) in [6.07, 6.45) is 0. The molecule has 5 nitrogen and oxygen atoms in total. The van der Waals surface area contributed by atoms with Crippen molar-refractivity contribution in [3.63, 3.8) is 0 Å². The van der Waals surface area contributed by atoms with Gasteiger partial charge in [-0.05, 0) is 25.0 Å². The quantitative estimate of drug-likeness (QED) is 0.415. The van der Waals surface area contributed by atoms with Crippen molar-refractivity contribution in [2.45, 2.75) is 27.0 Å². The van der Waals surface area contributed by atoms with Crippen LogP contribution in [0.2, 0.25) is 0 Å². The molecule has 0 radical (unpaired) electrons. The minimum absolute atomic E-state index is 0.644. The van der Waals surface area contributed by atoms with Crippen LogP contribution in [0.4, 0.5) is 0 Å².